The summed E-state index contributed by atoms with van der Waals surface area (Å²) in [5.41, 5.74) is -0.279. The average molecular weight is 538 g/mol. The van der Waals surface area contributed by atoms with E-state index in [1.54, 1.807) is 30.3 Å². The van der Waals surface area contributed by atoms with Gasteiger partial charge in [0.25, 0.3) is 5.56 Å². The highest BCUT2D eigenvalue weighted by atomic mass is 35.5. The molecule has 0 aliphatic rings. The Morgan fingerprint density at radius 1 is 0.947 bits per heavy atom. The molecular weight excluding hydrogens is 523 g/mol. The number of benzene rings is 1. The van der Waals surface area contributed by atoms with Crippen LogP contribution in [0, 0.1) is 11.3 Å². The summed E-state index contributed by atoms with van der Waals surface area (Å²) in [6.45, 7) is -0.193. The minimum atomic E-state index is -4.60. The molecule has 0 aliphatic heterocycles. The molecular formula is C25H15ClF3N7O2. The van der Waals surface area contributed by atoms with E-state index in [2.05, 4.69) is 15.1 Å². The zero-order valence-electron chi connectivity index (χ0n) is 19.4. The molecule has 0 unspecified atom stereocenters. The molecule has 0 amide bonds. The zero-order chi connectivity index (χ0) is 27.2. The van der Waals surface area contributed by atoms with Crippen LogP contribution in [-0.4, -0.2) is 28.9 Å². The largest absolute Gasteiger partial charge is 0.433 e. The Morgan fingerprint density at radius 2 is 1.66 bits per heavy atom. The van der Waals surface area contributed by atoms with Crippen LogP contribution in [0.15, 0.2) is 70.5 Å². The maximum absolute atomic E-state index is 13.6. The molecule has 0 fully saturated rings. The number of alkyl halides is 3. The van der Waals surface area contributed by atoms with Crippen molar-refractivity contribution in [3.05, 3.63) is 104 Å². The van der Waals surface area contributed by atoms with Crippen LogP contribution >= 0.6 is 11.6 Å². The number of fused-ring (bicyclic) bond motifs is 1. The smallest absolute Gasteiger partial charge is 0.267 e. The van der Waals surface area contributed by atoms with Crippen LogP contribution in [0.3, 0.4) is 0 Å². The molecule has 0 spiro atoms. The van der Waals surface area contributed by atoms with Crippen molar-refractivity contribution in [3.63, 3.8) is 0 Å². The van der Waals surface area contributed by atoms with Gasteiger partial charge in [-0.25, -0.2) is 19.1 Å². The van der Waals surface area contributed by atoms with Crippen molar-refractivity contribution in [2.45, 2.75) is 12.7 Å². The lowest BCUT2D eigenvalue weighted by atomic mass is 9.97. The standard InChI is InChI=1S/C25H15ClF3N7O2/c1-34-23(37)21(15-3-6-17(26)7-4-15)20(16-5-8-18(10-30)31-12-16)22-33-35(24(38)36(22)34)13-14-2-9-19(32-11-14)25(27,28)29/h2-9,11-12H,13H2,1H3. The maximum atomic E-state index is 13.6. The van der Waals surface area contributed by atoms with Crippen LogP contribution in [-0.2, 0) is 19.8 Å². The summed E-state index contributed by atoms with van der Waals surface area (Å²) >= 11 is 6.04. The Kier molecular flexibility index (Phi) is 6.08. The van der Waals surface area contributed by atoms with Gasteiger partial charge in [0, 0.05) is 35.6 Å². The fourth-order valence-corrected chi connectivity index (χ4v) is 4.15. The third-order valence-electron chi connectivity index (χ3n) is 5.85. The third-order valence-corrected chi connectivity index (χ3v) is 6.10. The van der Waals surface area contributed by atoms with E-state index >= 15 is 0 Å². The Morgan fingerprint density at radius 3 is 2.24 bits per heavy atom. The Balaban J connectivity index is 1.76. The fourth-order valence-electron chi connectivity index (χ4n) is 4.02. The van der Waals surface area contributed by atoms with Crippen LogP contribution in [0.1, 0.15) is 17.0 Å². The van der Waals surface area contributed by atoms with E-state index in [1.807, 2.05) is 6.07 Å². The van der Waals surface area contributed by atoms with E-state index in [1.165, 1.54) is 25.4 Å². The van der Waals surface area contributed by atoms with E-state index in [-0.39, 0.29) is 29.0 Å². The second kappa shape index (κ2) is 9.28. The number of aromatic nitrogens is 6. The Labute approximate surface area is 216 Å². The number of nitriles is 1. The molecule has 9 nitrogen and oxygen atoms in total. The van der Waals surface area contributed by atoms with Crippen LogP contribution in [0.4, 0.5) is 13.2 Å². The van der Waals surface area contributed by atoms with Crippen LogP contribution in [0.5, 0.6) is 0 Å². The van der Waals surface area contributed by atoms with E-state index in [9.17, 15) is 22.8 Å². The molecule has 0 bridgehead atoms. The lowest BCUT2D eigenvalue weighted by Gasteiger charge is -2.13. The molecule has 13 heteroatoms. The molecule has 4 aromatic heterocycles. The second-order valence-electron chi connectivity index (χ2n) is 8.25. The van der Waals surface area contributed by atoms with Gasteiger partial charge in [0.15, 0.2) is 5.65 Å². The predicted molar refractivity (Wildman–Crippen MR) is 131 cm³/mol. The van der Waals surface area contributed by atoms with E-state index in [0.717, 1.165) is 26.1 Å². The van der Waals surface area contributed by atoms with Gasteiger partial charge in [0.2, 0.25) is 0 Å². The molecule has 0 radical (unpaired) electrons. The van der Waals surface area contributed by atoms with Gasteiger partial charge in [-0.15, -0.1) is 5.10 Å². The summed E-state index contributed by atoms with van der Waals surface area (Å²) in [7, 11) is 1.41. The molecule has 5 rings (SSSR count). The topological polar surface area (TPSA) is 111 Å². The van der Waals surface area contributed by atoms with Crippen molar-refractivity contribution < 1.29 is 13.2 Å². The van der Waals surface area contributed by atoms with Gasteiger partial charge in [-0.05, 0) is 41.5 Å². The number of rotatable bonds is 4. The number of hydrogen-bond donors (Lipinski definition) is 0. The molecule has 190 valence electrons. The average Bonchev–Trinajstić information content (AvgIpc) is 3.22. The first kappa shape index (κ1) is 24.9. The van der Waals surface area contributed by atoms with Crippen molar-refractivity contribution in [3.8, 4) is 28.3 Å². The summed E-state index contributed by atoms with van der Waals surface area (Å²) in [6.07, 6.45) is -2.18. The number of pyridine rings is 2. The molecule has 5 aromatic rings. The van der Waals surface area contributed by atoms with Gasteiger partial charge in [-0.3, -0.25) is 9.78 Å². The molecule has 0 saturated heterocycles. The van der Waals surface area contributed by atoms with Gasteiger partial charge >= 0.3 is 11.9 Å². The first-order chi connectivity index (χ1) is 18.1. The summed E-state index contributed by atoms with van der Waals surface area (Å²) in [5, 5.41) is 14.0. The van der Waals surface area contributed by atoms with E-state index < -0.39 is 23.1 Å². The molecule has 0 N–H and O–H groups in total. The summed E-state index contributed by atoms with van der Waals surface area (Å²) in [6, 6.07) is 13.5. The van der Waals surface area contributed by atoms with E-state index in [0.29, 0.717) is 21.7 Å². The quantitative estimate of drug-likeness (QED) is 0.344. The highest BCUT2D eigenvalue weighted by molar-refractivity contribution is 6.30. The Hall–Kier alpha value is -4.76. The van der Waals surface area contributed by atoms with Crippen molar-refractivity contribution in [2.24, 2.45) is 7.05 Å². The fraction of sp³-hybridized carbons (Fsp3) is 0.120. The number of hydrogen-bond acceptors (Lipinski definition) is 6. The molecule has 1 aromatic carbocycles. The van der Waals surface area contributed by atoms with Crippen LogP contribution in [0.25, 0.3) is 27.9 Å². The second-order valence-corrected chi connectivity index (χ2v) is 8.69. The van der Waals surface area contributed by atoms with Crippen molar-refractivity contribution in [1.82, 2.24) is 28.9 Å². The predicted octanol–water partition coefficient (Wildman–Crippen LogP) is 3.91. The van der Waals surface area contributed by atoms with Crippen molar-refractivity contribution in [2.75, 3.05) is 0 Å². The summed E-state index contributed by atoms with van der Waals surface area (Å²) in [5.74, 6) is 0. The highest BCUT2D eigenvalue weighted by Gasteiger charge is 2.32. The number of nitrogens with zero attached hydrogens (tertiary/aromatic N) is 7. The zero-order valence-corrected chi connectivity index (χ0v) is 20.2. The molecule has 0 saturated carbocycles. The molecule has 0 aliphatic carbocycles. The van der Waals surface area contributed by atoms with Gasteiger partial charge in [0.05, 0.1) is 12.1 Å². The summed E-state index contributed by atoms with van der Waals surface area (Å²) < 4.78 is 41.9. The third kappa shape index (κ3) is 4.33. The lowest BCUT2D eigenvalue weighted by Crippen LogP contribution is -2.33. The monoisotopic (exact) mass is 537 g/mol. The van der Waals surface area contributed by atoms with Gasteiger partial charge in [0.1, 0.15) is 17.5 Å². The maximum Gasteiger partial charge on any atom is 0.433 e. The van der Waals surface area contributed by atoms with Gasteiger partial charge in [-0.1, -0.05) is 29.8 Å². The Bertz CT molecular complexity index is 1830. The number of aryl methyl sites for hydroxylation is 1. The SMILES string of the molecule is Cn1c(=O)c(-c2ccc(Cl)cc2)c(-c2ccc(C#N)nc2)c2nn(Cc3ccc(C(F)(F)F)nc3)c(=O)n21. The molecule has 38 heavy (non-hydrogen) atoms. The van der Waals surface area contributed by atoms with Gasteiger partial charge in [-0.2, -0.15) is 22.9 Å². The van der Waals surface area contributed by atoms with Crippen LogP contribution in [0.2, 0.25) is 5.02 Å². The van der Waals surface area contributed by atoms with E-state index in [4.69, 9.17) is 16.9 Å². The minimum absolute atomic E-state index is 0.105. The number of halogens is 4. The molecule has 0 atom stereocenters. The van der Waals surface area contributed by atoms with Crippen LogP contribution < -0.4 is 11.2 Å². The first-order valence-electron chi connectivity index (χ1n) is 11.0. The lowest BCUT2D eigenvalue weighted by molar-refractivity contribution is -0.141. The normalized spacial score (nSPS) is 11.6. The highest BCUT2D eigenvalue weighted by Crippen LogP contribution is 2.32. The minimum Gasteiger partial charge on any atom is -0.267 e. The first-order valence-corrected chi connectivity index (χ1v) is 11.3. The van der Waals surface area contributed by atoms with Crippen molar-refractivity contribution >= 4 is 17.2 Å². The van der Waals surface area contributed by atoms with Crippen molar-refractivity contribution in [1.29, 1.82) is 5.26 Å². The van der Waals surface area contributed by atoms with Gasteiger partial charge < -0.3 is 0 Å². The summed E-state index contributed by atoms with van der Waals surface area (Å²) in [4.78, 5) is 34.4. The molecule has 4 heterocycles.